The predicted molar refractivity (Wildman–Crippen MR) is 115 cm³/mol. The Morgan fingerprint density at radius 3 is 2.73 bits per heavy atom. The van der Waals surface area contributed by atoms with E-state index < -0.39 is 11.2 Å². The molecule has 1 aliphatic rings. The molecule has 0 bridgehead atoms. The van der Waals surface area contributed by atoms with E-state index >= 15 is 0 Å². The number of thioether (sulfide) groups is 1. The molecular formula is C21H18N4O4S. The van der Waals surface area contributed by atoms with Crippen LogP contribution in [-0.4, -0.2) is 39.3 Å². The fraction of sp³-hybridized carbons (Fsp3) is 0.190. The zero-order valence-corrected chi connectivity index (χ0v) is 17.1. The summed E-state index contributed by atoms with van der Waals surface area (Å²) in [6.45, 7) is 1.93. The van der Waals surface area contributed by atoms with E-state index in [0.717, 1.165) is 28.2 Å². The highest BCUT2D eigenvalue weighted by molar-refractivity contribution is 8.15. The lowest BCUT2D eigenvalue weighted by Crippen LogP contribution is -2.16. The Morgan fingerprint density at radius 1 is 1.23 bits per heavy atom. The molecule has 0 fully saturated rings. The van der Waals surface area contributed by atoms with Gasteiger partial charge in [0.05, 0.1) is 12.6 Å². The zero-order chi connectivity index (χ0) is 21.3. The standard InChI is InChI=1S/C21H18N4O4S/c1-11-3-8-15-14(9-11)18(20(28)22-15)24-25-21-23-19(27)17(30-21)10-16(26)12-4-6-13(29-2)7-5-12/h3-9,17,22,28H,10H2,1-2H3. The zero-order valence-electron chi connectivity index (χ0n) is 16.2. The fourth-order valence-electron chi connectivity index (χ4n) is 3.08. The van der Waals surface area contributed by atoms with Crippen molar-refractivity contribution in [3.05, 3.63) is 53.6 Å². The molecule has 2 N–H and O–H groups in total. The number of aromatic nitrogens is 1. The Kier molecular flexibility index (Phi) is 5.37. The van der Waals surface area contributed by atoms with Crippen molar-refractivity contribution in [3.8, 4) is 11.6 Å². The number of carbonyl (C=O) groups excluding carboxylic acids is 2. The highest BCUT2D eigenvalue weighted by Crippen LogP contribution is 2.37. The molecule has 1 atom stereocenters. The quantitative estimate of drug-likeness (QED) is 0.462. The van der Waals surface area contributed by atoms with E-state index in [1.54, 1.807) is 31.4 Å². The summed E-state index contributed by atoms with van der Waals surface area (Å²) in [6.07, 6.45) is 0.00980. The molecule has 4 rings (SSSR count). The highest BCUT2D eigenvalue weighted by atomic mass is 32.2. The van der Waals surface area contributed by atoms with Gasteiger partial charge < -0.3 is 14.8 Å². The Morgan fingerprint density at radius 2 is 2.00 bits per heavy atom. The van der Waals surface area contributed by atoms with Crippen molar-refractivity contribution in [3.63, 3.8) is 0 Å². The van der Waals surface area contributed by atoms with Crippen LogP contribution in [-0.2, 0) is 4.79 Å². The van der Waals surface area contributed by atoms with E-state index in [4.69, 9.17) is 4.74 Å². The van der Waals surface area contributed by atoms with Crippen LogP contribution in [0.2, 0.25) is 0 Å². The number of nitrogens with zero attached hydrogens (tertiary/aromatic N) is 3. The predicted octanol–water partition coefficient (Wildman–Crippen LogP) is 4.55. The van der Waals surface area contributed by atoms with Crippen LogP contribution in [0.5, 0.6) is 11.6 Å². The molecule has 0 spiro atoms. The smallest absolute Gasteiger partial charge is 0.262 e. The molecule has 0 aliphatic carbocycles. The third-order valence-electron chi connectivity index (χ3n) is 4.65. The first-order valence-corrected chi connectivity index (χ1v) is 10.0. The number of aliphatic imine (C=N–C) groups is 1. The van der Waals surface area contributed by atoms with Gasteiger partial charge in [-0.15, -0.1) is 10.2 Å². The number of ether oxygens (including phenoxy) is 1. The molecule has 1 unspecified atom stereocenters. The molecule has 9 heteroatoms. The monoisotopic (exact) mass is 422 g/mol. The number of aryl methyl sites for hydroxylation is 1. The van der Waals surface area contributed by atoms with Crippen LogP contribution in [0.25, 0.3) is 10.9 Å². The number of fused-ring (bicyclic) bond motifs is 1. The Hall–Kier alpha value is -3.46. The Labute approximate surface area is 176 Å². The van der Waals surface area contributed by atoms with Gasteiger partial charge >= 0.3 is 0 Å². The van der Waals surface area contributed by atoms with Crippen molar-refractivity contribution in [2.45, 2.75) is 18.6 Å². The van der Waals surface area contributed by atoms with Crippen molar-refractivity contribution in [2.75, 3.05) is 7.11 Å². The summed E-state index contributed by atoms with van der Waals surface area (Å²) in [5.74, 6) is -0.0448. The largest absolute Gasteiger partial charge is 0.497 e. The van der Waals surface area contributed by atoms with Gasteiger partial charge in [0.15, 0.2) is 11.5 Å². The normalized spacial score (nSPS) is 16.4. The first-order chi connectivity index (χ1) is 14.4. The van der Waals surface area contributed by atoms with Gasteiger partial charge in [-0.3, -0.25) is 9.59 Å². The van der Waals surface area contributed by atoms with Crippen LogP contribution >= 0.6 is 11.8 Å². The molecule has 1 amide bonds. The number of amides is 1. The number of amidine groups is 1. The number of ketones is 1. The van der Waals surface area contributed by atoms with Gasteiger partial charge in [0.25, 0.3) is 5.91 Å². The third-order valence-corrected chi connectivity index (χ3v) is 5.69. The summed E-state index contributed by atoms with van der Waals surface area (Å²) in [7, 11) is 1.55. The van der Waals surface area contributed by atoms with E-state index in [0.29, 0.717) is 11.3 Å². The summed E-state index contributed by atoms with van der Waals surface area (Å²) in [6, 6.07) is 12.4. The van der Waals surface area contributed by atoms with Crippen molar-refractivity contribution >= 4 is 45.2 Å². The van der Waals surface area contributed by atoms with E-state index in [9.17, 15) is 14.7 Å². The van der Waals surface area contributed by atoms with Crippen LogP contribution in [0.3, 0.4) is 0 Å². The molecule has 1 aliphatic heterocycles. The first-order valence-electron chi connectivity index (χ1n) is 9.14. The molecule has 8 nitrogen and oxygen atoms in total. The molecule has 0 saturated heterocycles. The number of benzene rings is 2. The van der Waals surface area contributed by atoms with Gasteiger partial charge in [-0.1, -0.05) is 23.4 Å². The summed E-state index contributed by atoms with van der Waals surface area (Å²) in [5.41, 5.74) is 2.52. The van der Waals surface area contributed by atoms with E-state index in [-0.39, 0.29) is 28.9 Å². The second-order valence-electron chi connectivity index (χ2n) is 6.77. The molecule has 30 heavy (non-hydrogen) atoms. The van der Waals surface area contributed by atoms with Gasteiger partial charge in [0, 0.05) is 17.4 Å². The molecule has 3 aromatic rings. The minimum atomic E-state index is -0.646. The fourth-order valence-corrected chi connectivity index (χ4v) is 3.95. The molecule has 152 valence electrons. The van der Waals surface area contributed by atoms with Crippen LogP contribution in [0.1, 0.15) is 22.3 Å². The maximum Gasteiger partial charge on any atom is 0.262 e. The van der Waals surface area contributed by atoms with Crippen molar-refractivity contribution in [2.24, 2.45) is 15.2 Å². The second-order valence-corrected chi connectivity index (χ2v) is 7.94. The van der Waals surface area contributed by atoms with Crippen LogP contribution in [0.15, 0.2) is 57.7 Å². The molecule has 2 heterocycles. The molecular weight excluding hydrogens is 404 g/mol. The number of aromatic amines is 1. The van der Waals surface area contributed by atoms with Crippen molar-refractivity contribution in [1.29, 1.82) is 0 Å². The minimum Gasteiger partial charge on any atom is -0.497 e. The Balaban J connectivity index is 1.46. The SMILES string of the molecule is COc1ccc(C(=O)CC2SC(N=Nc3c(O)[nH]c4ccc(C)cc34)=NC2=O)cc1. The number of hydrogen-bond acceptors (Lipinski definition) is 7. The van der Waals surface area contributed by atoms with Crippen LogP contribution < -0.4 is 4.74 Å². The van der Waals surface area contributed by atoms with Gasteiger partial charge in [0.1, 0.15) is 11.0 Å². The Bertz CT molecular complexity index is 1200. The van der Waals surface area contributed by atoms with Crippen LogP contribution in [0, 0.1) is 6.92 Å². The number of aromatic hydroxyl groups is 1. The van der Waals surface area contributed by atoms with Gasteiger partial charge in [-0.25, -0.2) is 0 Å². The molecule has 1 aromatic heterocycles. The van der Waals surface area contributed by atoms with Crippen LogP contribution in [0.4, 0.5) is 5.69 Å². The number of azo groups is 1. The lowest BCUT2D eigenvalue weighted by molar-refractivity contribution is -0.117. The maximum absolute atomic E-state index is 12.5. The molecule has 0 radical (unpaired) electrons. The number of nitrogens with one attached hydrogen (secondary N) is 1. The lowest BCUT2D eigenvalue weighted by atomic mass is 10.1. The van der Waals surface area contributed by atoms with Crippen molar-refractivity contribution < 1.29 is 19.4 Å². The van der Waals surface area contributed by atoms with E-state index in [1.807, 2.05) is 25.1 Å². The average Bonchev–Trinajstić information content (AvgIpc) is 3.24. The summed E-state index contributed by atoms with van der Waals surface area (Å²) in [4.78, 5) is 31.4. The minimum absolute atomic E-state index is 0.00980. The second kappa shape index (κ2) is 8.11. The van der Waals surface area contributed by atoms with Gasteiger partial charge in [-0.2, -0.15) is 4.99 Å². The number of Topliss-reactive ketones (excluding diaryl/α,β-unsaturated/α-hetero) is 1. The highest BCUT2D eigenvalue weighted by Gasteiger charge is 2.31. The number of hydrogen-bond donors (Lipinski definition) is 2. The first kappa shape index (κ1) is 19.8. The third kappa shape index (κ3) is 3.97. The van der Waals surface area contributed by atoms with Gasteiger partial charge in [0.2, 0.25) is 11.0 Å². The van der Waals surface area contributed by atoms with E-state index in [1.165, 1.54) is 0 Å². The average molecular weight is 422 g/mol. The topological polar surface area (TPSA) is 116 Å². The number of rotatable bonds is 5. The molecule has 0 saturated carbocycles. The van der Waals surface area contributed by atoms with Crippen molar-refractivity contribution in [1.82, 2.24) is 4.98 Å². The maximum atomic E-state index is 12.5. The summed E-state index contributed by atoms with van der Waals surface area (Å²) in [5, 5.41) is 18.4. The van der Waals surface area contributed by atoms with E-state index in [2.05, 4.69) is 20.2 Å². The van der Waals surface area contributed by atoms with Gasteiger partial charge in [-0.05, 0) is 43.3 Å². The number of methoxy groups -OCH3 is 1. The number of H-pyrrole nitrogens is 1. The lowest BCUT2D eigenvalue weighted by Gasteiger charge is -2.06. The number of carbonyl (C=O) groups is 2. The molecule has 2 aromatic carbocycles. The summed E-state index contributed by atoms with van der Waals surface area (Å²) < 4.78 is 5.08. The summed E-state index contributed by atoms with van der Waals surface area (Å²) >= 11 is 1.09.